The van der Waals surface area contributed by atoms with Crippen molar-refractivity contribution in [1.29, 1.82) is 0 Å². The van der Waals surface area contributed by atoms with Crippen molar-refractivity contribution in [1.82, 2.24) is 10.2 Å². The molecule has 0 spiro atoms. The van der Waals surface area contributed by atoms with Crippen LogP contribution in [-0.2, 0) is 16.1 Å². The minimum atomic E-state index is -4.72. The Morgan fingerprint density at radius 2 is 1.12 bits per heavy atom. The number of rotatable bonds is 11. The van der Waals surface area contributed by atoms with Crippen LogP contribution in [0.5, 0.6) is 17.2 Å². The molecule has 5 rings (SSSR count). The summed E-state index contributed by atoms with van der Waals surface area (Å²) in [4.78, 5) is 26.8. The molecule has 0 saturated carbocycles. The van der Waals surface area contributed by atoms with Crippen molar-refractivity contribution < 1.29 is 47.2 Å². The van der Waals surface area contributed by atoms with E-state index in [9.17, 15) is 33.0 Å². The number of halogens is 3. The maximum atomic E-state index is 12.7. The number of carbonyl (C=O) groups excluding carboxylic acids is 2. The Labute approximate surface area is 302 Å². The van der Waals surface area contributed by atoms with E-state index in [1.54, 1.807) is 48.5 Å². The zero-order valence-corrected chi connectivity index (χ0v) is 30.0. The molecule has 2 heterocycles. The third-order valence-electron chi connectivity index (χ3n) is 8.49. The van der Waals surface area contributed by atoms with Gasteiger partial charge in [0.1, 0.15) is 28.5 Å². The summed E-state index contributed by atoms with van der Waals surface area (Å²) in [6.07, 6.45) is -3.17. The van der Waals surface area contributed by atoms with Crippen LogP contribution < -0.4 is 30.2 Å². The van der Waals surface area contributed by atoms with Gasteiger partial charge in [0.2, 0.25) is 0 Å². The molecular weight excluding hydrogens is 681 g/mol. The molecule has 2 amide bonds. The Bertz CT molecular complexity index is 1570. The van der Waals surface area contributed by atoms with E-state index in [-0.39, 0.29) is 36.7 Å². The van der Waals surface area contributed by atoms with Crippen LogP contribution in [0.25, 0.3) is 0 Å². The van der Waals surface area contributed by atoms with Gasteiger partial charge in [0.15, 0.2) is 0 Å². The van der Waals surface area contributed by atoms with Gasteiger partial charge in [-0.15, -0.1) is 13.2 Å². The lowest BCUT2D eigenvalue weighted by Crippen LogP contribution is -2.51. The zero-order valence-electron chi connectivity index (χ0n) is 30.0. The molecule has 0 atom stereocenters. The fourth-order valence-electron chi connectivity index (χ4n) is 5.70. The maximum Gasteiger partial charge on any atom is 0.573 e. The molecule has 5 N–H and O–H groups in total. The smallest absolute Gasteiger partial charge is 0.491 e. The van der Waals surface area contributed by atoms with Crippen LogP contribution in [0.4, 0.5) is 24.5 Å². The highest BCUT2D eigenvalue weighted by atomic mass is 19.4. The van der Waals surface area contributed by atoms with Gasteiger partial charge in [-0.1, -0.05) is 12.1 Å². The highest BCUT2D eigenvalue weighted by Gasteiger charge is 2.40. The predicted octanol–water partition coefficient (Wildman–Crippen LogP) is 5.86. The SMILES string of the molecule is CC(C)Oc1ccc(NC(=O)C2(O)CCN(Cc3ccc(OC(F)(F)F)cc3)CC2)cc1.CC(C)Oc1ccc(NC(=O)C2(O)CCNCC2)cc1. The molecule has 284 valence electrons. The summed E-state index contributed by atoms with van der Waals surface area (Å²) >= 11 is 0. The molecule has 3 aromatic rings. The number of hydrogen-bond donors (Lipinski definition) is 5. The Morgan fingerprint density at radius 3 is 1.52 bits per heavy atom. The van der Waals surface area contributed by atoms with Gasteiger partial charge in [0.25, 0.3) is 11.8 Å². The van der Waals surface area contributed by atoms with Crippen LogP contribution in [0.1, 0.15) is 58.9 Å². The molecule has 0 radical (unpaired) electrons. The summed E-state index contributed by atoms with van der Waals surface area (Å²) in [6.45, 7) is 10.5. The molecule has 0 aliphatic carbocycles. The van der Waals surface area contributed by atoms with E-state index < -0.39 is 23.5 Å². The third-order valence-corrected chi connectivity index (χ3v) is 8.49. The quantitative estimate of drug-likeness (QED) is 0.164. The highest BCUT2D eigenvalue weighted by Crippen LogP contribution is 2.28. The standard InChI is InChI=1S/C23H27F3N2O4.C15H22N2O3/c1-16(2)31-19-9-5-18(6-10-19)27-21(29)22(30)11-13-28(14-12-22)15-17-3-7-20(8-4-17)32-23(24,25)26;1-11(2)20-13-5-3-12(4-6-13)17-14(18)15(19)7-9-16-10-8-15/h3-10,16,30H,11-15H2,1-2H3,(H,27,29);3-6,11,16,19H,7-10H2,1-2H3,(H,17,18). The molecule has 0 aromatic heterocycles. The summed E-state index contributed by atoms with van der Waals surface area (Å²) in [5, 5.41) is 29.8. The molecule has 0 bridgehead atoms. The molecule has 2 fully saturated rings. The number of ether oxygens (including phenoxy) is 3. The predicted molar refractivity (Wildman–Crippen MR) is 191 cm³/mol. The van der Waals surface area contributed by atoms with Crippen molar-refractivity contribution in [2.45, 2.75) is 89.7 Å². The average Bonchev–Trinajstić information content (AvgIpc) is 3.08. The number of nitrogens with one attached hydrogen (secondary N) is 3. The Kier molecular flexibility index (Phi) is 13.9. The Hall–Kier alpha value is -4.37. The van der Waals surface area contributed by atoms with Crippen LogP contribution in [0.15, 0.2) is 72.8 Å². The number of aliphatic hydroxyl groups is 2. The lowest BCUT2D eigenvalue weighted by Gasteiger charge is -2.37. The number of benzene rings is 3. The Balaban J connectivity index is 0.000000259. The first-order valence-corrected chi connectivity index (χ1v) is 17.4. The van der Waals surface area contributed by atoms with Crippen molar-refractivity contribution in [2.24, 2.45) is 0 Å². The van der Waals surface area contributed by atoms with Gasteiger partial charge in [-0.2, -0.15) is 0 Å². The second-order valence-electron chi connectivity index (χ2n) is 13.6. The van der Waals surface area contributed by atoms with Crippen LogP contribution in [-0.4, -0.2) is 82.9 Å². The second kappa shape index (κ2) is 17.9. The number of anilines is 2. The van der Waals surface area contributed by atoms with E-state index >= 15 is 0 Å². The molecule has 2 saturated heterocycles. The largest absolute Gasteiger partial charge is 0.573 e. The first-order chi connectivity index (χ1) is 24.5. The van der Waals surface area contributed by atoms with E-state index in [2.05, 4.69) is 20.7 Å². The summed E-state index contributed by atoms with van der Waals surface area (Å²) in [5.74, 6) is 0.399. The number of piperidine rings is 2. The van der Waals surface area contributed by atoms with Gasteiger partial charge in [0, 0.05) is 31.0 Å². The highest BCUT2D eigenvalue weighted by molar-refractivity contribution is 5.97. The van der Waals surface area contributed by atoms with Crippen LogP contribution >= 0.6 is 0 Å². The van der Waals surface area contributed by atoms with Crippen molar-refractivity contribution in [2.75, 3.05) is 36.8 Å². The monoisotopic (exact) mass is 730 g/mol. The van der Waals surface area contributed by atoms with Crippen LogP contribution in [0, 0.1) is 0 Å². The molecular formula is C38H49F3N4O7. The summed E-state index contributed by atoms with van der Waals surface area (Å²) in [6, 6.07) is 19.8. The minimum Gasteiger partial charge on any atom is -0.491 e. The number of hydrogen-bond acceptors (Lipinski definition) is 9. The van der Waals surface area contributed by atoms with E-state index in [0.29, 0.717) is 62.7 Å². The number of carbonyl (C=O) groups is 2. The van der Waals surface area contributed by atoms with Gasteiger partial charge < -0.3 is 40.4 Å². The molecule has 2 aliphatic heterocycles. The van der Waals surface area contributed by atoms with Gasteiger partial charge in [-0.25, -0.2) is 0 Å². The lowest BCUT2D eigenvalue weighted by atomic mass is 9.90. The average molecular weight is 731 g/mol. The topological polar surface area (TPSA) is 142 Å². The first kappa shape index (κ1) is 40.4. The zero-order chi connectivity index (χ0) is 37.9. The van der Waals surface area contributed by atoms with E-state index in [0.717, 1.165) is 11.3 Å². The van der Waals surface area contributed by atoms with Crippen LogP contribution in [0.2, 0.25) is 0 Å². The van der Waals surface area contributed by atoms with Crippen molar-refractivity contribution >= 4 is 23.2 Å². The van der Waals surface area contributed by atoms with Crippen molar-refractivity contribution in [3.8, 4) is 17.2 Å². The van der Waals surface area contributed by atoms with Crippen LogP contribution in [0.3, 0.4) is 0 Å². The van der Waals surface area contributed by atoms with E-state index in [1.165, 1.54) is 12.1 Å². The molecule has 3 aromatic carbocycles. The molecule has 2 aliphatic rings. The van der Waals surface area contributed by atoms with Gasteiger partial charge >= 0.3 is 6.36 Å². The van der Waals surface area contributed by atoms with Gasteiger partial charge in [-0.05, 0) is 133 Å². The number of likely N-dealkylation sites (tertiary alicyclic amines) is 1. The molecule has 14 heteroatoms. The lowest BCUT2D eigenvalue weighted by molar-refractivity contribution is -0.274. The molecule has 11 nitrogen and oxygen atoms in total. The number of amides is 2. The van der Waals surface area contributed by atoms with Crippen molar-refractivity contribution in [3.63, 3.8) is 0 Å². The first-order valence-electron chi connectivity index (χ1n) is 17.4. The van der Waals surface area contributed by atoms with Gasteiger partial charge in [0.05, 0.1) is 12.2 Å². The number of nitrogens with zero attached hydrogens (tertiary/aromatic N) is 1. The minimum absolute atomic E-state index is 0.0486. The van der Waals surface area contributed by atoms with E-state index in [1.807, 2.05) is 44.7 Å². The third kappa shape index (κ3) is 12.7. The molecule has 0 unspecified atom stereocenters. The van der Waals surface area contributed by atoms with Crippen molar-refractivity contribution in [3.05, 3.63) is 78.4 Å². The normalized spacial score (nSPS) is 17.1. The van der Waals surface area contributed by atoms with Gasteiger partial charge in [-0.3, -0.25) is 14.5 Å². The second-order valence-corrected chi connectivity index (χ2v) is 13.6. The van der Waals surface area contributed by atoms with E-state index in [4.69, 9.17) is 9.47 Å². The maximum absolute atomic E-state index is 12.7. The summed E-state index contributed by atoms with van der Waals surface area (Å²) < 4.78 is 51.8. The fraction of sp³-hybridized carbons (Fsp3) is 0.474. The molecule has 52 heavy (non-hydrogen) atoms. The number of alkyl halides is 3. The Morgan fingerprint density at radius 1 is 0.712 bits per heavy atom. The summed E-state index contributed by atoms with van der Waals surface area (Å²) in [7, 11) is 0. The summed E-state index contributed by atoms with van der Waals surface area (Å²) in [5.41, 5.74) is -0.689. The fourth-order valence-corrected chi connectivity index (χ4v) is 5.70.